The largest absolute Gasteiger partial charge is 0.454 e. The van der Waals surface area contributed by atoms with Crippen molar-refractivity contribution in [1.82, 2.24) is 4.90 Å². The molecule has 0 bridgehead atoms. The van der Waals surface area contributed by atoms with Crippen LogP contribution in [0.4, 0.5) is 0 Å². The molecular weight excluding hydrogens is 250 g/mol. The fraction of sp³-hybridized carbons (Fsp3) is 0.529. The highest BCUT2D eigenvalue weighted by atomic mass is 16.7. The summed E-state index contributed by atoms with van der Waals surface area (Å²) in [6, 6.07) is 6.20. The fourth-order valence-corrected chi connectivity index (χ4v) is 3.00. The molecule has 0 unspecified atom stereocenters. The van der Waals surface area contributed by atoms with Crippen LogP contribution in [0, 0.1) is 5.92 Å². The molecule has 0 amide bonds. The lowest BCUT2D eigenvalue weighted by molar-refractivity contribution is 0.174. The number of ether oxygens (including phenoxy) is 2. The third-order valence-electron chi connectivity index (χ3n) is 4.11. The van der Waals surface area contributed by atoms with E-state index in [1.807, 2.05) is 6.07 Å². The van der Waals surface area contributed by atoms with Gasteiger partial charge in [0.1, 0.15) is 0 Å². The maximum Gasteiger partial charge on any atom is 0.231 e. The van der Waals surface area contributed by atoms with E-state index in [9.17, 15) is 0 Å². The van der Waals surface area contributed by atoms with Crippen molar-refractivity contribution in [2.24, 2.45) is 5.92 Å². The van der Waals surface area contributed by atoms with Gasteiger partial charge in [0.25, 0.3) is 0 Å². The number of hydrogen-bond acceptors (Lipinski definition) is 3. The fourth-order valence-electron chi connectivity index (χ4n) is 3.00. The molecule has 1 aliphatic carbocycles. The molecule has 1 aromatic carbocycles. The van der Waals surface area contributed by atoms with Gasteiger partial charge < -0.3 is 9.47 Å². The maximum atomic E-state index is 5.41. The molecule has 1 aliphatic heterocycles. The Labute approximate surface area is 121 Å². The average molecular weight is 273 g/mol. The van der Waals surface area contributed by atoms with E-state index in [0.29, 0.717) is 6.79 Å². The van der Waals surface area contributed by atoms with Crippen LogP contribution in [0.15, 0.2) is 30.4 Å². The Morgan fingerprint density at radius 3 is 2.85 bits per heavy atom. The molecule has 1 saturated carbocycles. The Hall–Kier alpha value is -1.48. The van der Waals surface area contributed by atoms with Crippen LogP contribution in [0.25, 0.3) is 0 Å². The van der Waals surface area contributed by atoms with Crippen molar-refractivity contribution in [2.45, 2.75) is 32.2 Å². The molecule has 1 aromatic rings. The summed E-state index contributed by atoms with van der Waals surface area (Å²) < 4.78 is 10.7. The second-order valence-electron chi connectivity index (χ2n) is 5.86. The van der Waals surface area contributed by atoms with Gasteiger partial charge in [-0.25, -0.2) is 0 Å². The minimum Gasteiger partial charge on any atom is -0.454 e. The summed E-state index contributed by atoms with van der Waals surface area (Å²) in [6.07, 6.45) is 10.3. The molecule has 0 N–H and O–H groups in total. The first-order valence-electron chi connectivity index (χ1n) is 7.55. The number of fused-ring (bicyclic) bond motifs is 1. The van der Waals surface area contributed by atoms with Crippen molar-refractivity contribution in [3.8, 4) is 11.5 Å². The quantitative estimate of drug-likeness (QED) is 0.765. The highest BCUT2D eigenvalue weighted by Crippen LogP contribution is 2.32. The Morgan fingerprint density at radius 1 is 1.20 bits per heavy atom. The topological polar surface area (TPSA) is 21.7 Å². The monoisotopic (exact) mass is 273 g/mol. The molecule has 3 heteroatoms. The van der Waals surface area contributed by atoms with Crippen molar-refractivity contribution in [3.05, 3.63) is 35.9 Å². The van der Waals surface area contributed by atoms with Gasteiger partial charge in [-0.05, 0) is 43.5 Å². The predicted molar refractivity (Wildman–Crippen MR) is 80.0 cm³/mol. The lowest BCUT2D eigenvalue weighted by Crippen LogP contribution is -2.17. The van der Waals surface area contributed by atoms with Gasteiger partial charge in [-0.1, -0.05) is 31.1 Å². The number of allylic oxidation sites excluding steroid dienone is 1. The Bertz CT molecular complexity index is 478. The summed E-state index contributed by atoms with van der Waals surface area (Å²) in [7, 11) is 2.16. The molecule has 1 heterocycles. The van der Waals surface area contributed by atoms with E-state index in [0.717, 1.165) is 30.5 Å². The van der Waals surface area contributed by atoms with Crippen molar-refractivity contribution in [2.75, 3.05) is 20.4 Å². The zero-order valence-corrected chi connectivity index (χ0v) is 12.2. The van der Waals surface area contributed by atoms with Crippen LogP contribution in [0.5, 0.6) is 11.5 Å². The van der Waals surface area contributed by atoms with Crippen LogP contribution >= 0.6 is 0 Å². The number of benzene rings is 1. The molecule has 3 rings (SSSR count). The molecule has 0 atom stereocenters. The predicted octanol–water partition coefficient (Wildman–Crippen LogP) is 3.59. The van der Waals surface area contributed by atoms with Crippen LogP contribution in [0.1, 0.15) is 31.2 Å². The molecule has 0 spiro atoms. The first-order chi connectivity index (χ1) is 9.81. The summed E-state index contributed by atoms with van der Waals surface area (Å²) in [5.74, 6) is 2.56. The summed E-state index contributed by atoms with van der Waals surface area (Å²) >= 11 is 0. The third kappa shape index (κ3) is 3.34. The van der Waals surface area contributed by atoms with Crippen LogP contribution < -0.4 is 9.47 Å². The number of rotatable bonds is 5. The molecule has 108 valence electrons. The van der Waals surface area contributed by atoms with Crippen LogP contribution in [0.2, 0.25) is 0 Å². The molecule has 1 fully saturated rings. The van der Waals surface area contributed by atoms with Gasteiger partial charge >= 0.3 is 0 Å². The minimum absolute atomic E-state index is 0.346. The first-order valence-corrected chi connectivity index (χ1v) is 7.55. The van der Waals surface area contributed by atoms with E-state index in [-0.39, 0.29) is 0 Å². The van der Waals surface area contributed by atoms with E-state index in [1.54, 1.807) is 0 Å². The van der Waals surface area contributed by atoms with Crippen molar-refractivity contribution in [3.63, 3.8) is 0 Å². The zero-order valence-electron chi connectivity index (χ0n) is 12.2. The van der Waals surface area contributed by atoms with Crippen molar-refractivity contribution in [1.29, 1.82) is 0 Å². The van der Waals surface area contributed by atoms with Gasteiger partial charge in [0, 0.05) is 13.1 Å². The van der Waals surface area contributed by atoms with Crippen molar-refractivity contribution >= 4 is 0 Å². The Morgan fingerprint density at radius 2 is 2.00 bits per heavy atom. The lowest BCUT2D eigenvalue weighted by atomic mass is 10.1. The van der Waals surface area contributed by atoms with E-state index >= 15 is 0 Å². The van der Waals surface area contributed by atoms with E-state index < -0.39 is 0 Å². The van der Waals surface area contributed by atoms with Gasteiger partial charge in [-0.3, -0.25) is 4.90 Å². The second-order valence-corrected chi connectivity index (χ2v) is 5.86. The lowest BCUT2D eigenvalue weighted by Gasteiger charge is -2.15. The highest BCUT2D eigenvalue weighted by molar-refractivity contribution is 5.44. The van der Waals surface area contributed by atoms with Gasteiger partial charge in [0.2, 0.25) is 6.79 Å². The second kappa shape index (κ2) is 6.31. The summed E-state index contributed by atoms with van der Waals surface area (Å²) in [6.45, 7) is 2.29. The van der Waals surface area contributed by atoms with Crippen LogP contribution in [0.3, 0.4) is 0 Å². The average Bonchev–Trinajstić information content (AvgIpc) is 3.08. The zero-order chi connectivity index (χ0) is 13.8. The SMILES string of the molecule is CN(C/C=C/C1CCCC1)Cc1ccc2c(c1)OCO2. The van der Waals surface area contributed by atoms with E-state index in [2.05, 4.69) is 36.2 Å². The third-order valence-corrected chi connectivity index (χ3v) is 4.11. The molecule has 0 radical (unpaired) electrons. The molecule has 3 nitrogen and oxygen atoms in total. The maximum absolute atomic E-state index is 5.41. The van der Waals surface area contributed by atoms with Gasteiger partial charge in [-0.15, -0.1) is 0 Å². The smallest absolute Gasteiger partial charge is 0.231 e. The minimum atomic E-state index is 0.346. The summed E-state index contributed by atoms with van der Waals surface area (Å²) in [4.78, 5) is 2.32. The number of likely N-dealkylation sites (N-methyl/N-ethyl adjacent to an activating group) is 1. The number of hydrogen-bond donors (Lipinski definition) is 0. The molecule has 0 aromatic heterocycles. The van der Waals surface area contributed by atoms with Crippen LogP contribution in [-0.2, 0) is 6.54 Å². The Kier molecular flexibility index (Phi) is 4.26. The van der Waals surface area contributed by atoms with E-state index in [1.165, 1.54) is 31.2 Å². The molecule has 2 aliphatic rings. The summed E-state index contributed by atoms with van der Waals surface area (Å²) in [5.41, 5.74) is 1.27. The molecule has 0 saturated heterocycles. The van der Waals surface area contributed by atoms with Crippen molar-refractivity contribution < 1.29 is 9.47 Å². The van der Waals surface area contributed by atoms with Gasteiger partial charge in [-0.2, -0.15) is 0 Å². The summed E-state index contributed by atoms with van der Waals surface area (Å²) in [5, 5.41) is 0. The standard InChI is InChI=1S/C17H23NO2/c1-18(10-4-7-14-5-2-3-6-14)12-15-8-9-16-17(11-15)20-13-19-16/h4,7-9,11,14H,2-3,5-6,10,12-13H2,1H3/b7-4+. The molecular formula is C17H23NO2. The van der Waals surface area contributed by atoms with E-state index in [4.69, 9.17) is 9.47 Å². The van der Waals surface area contributed by atoms with Gasteiger partial charge in [0.15, 0.2) is 11.5 Å². The van der Waals surface area contributed by atoms with Gasteiger partial charge in [0.05, 0.1) is 0 Å². The highest BCUT2D eigenvalue weighted by Gasteiger charge is 2.14. The number of nitrogens with zero attached hydrogens (tertiary/aromatic N) is 1. The first kappa shape index (κ1) is 13.5. The molecule has 20 heavy (non-hydrogen) atoms. The Balaban J connectivity index is 1.49. The normalized spacial score (nSPS) is 18.5. The van der Waals surface area contributed by atoms with Crippen LogP contribution in [-0.4, -0.2) is 25.3 Å².